The van der Waals surface area contributed by atoms with Gasteiger partial charge in [-0.05, 0) is 19.3 Å². The maximum atomic E-state index is 11.8. The number of nitrogens with one attached hydrogen (secondary N) is 1. The Hall–Kier alpha value is -0.610. The molecule has 0 aromatic rings. The number of nitrogens with zero attached hydrogens (tertiary/aromatic N) is 1. The van der Waals surface area contributed by atoms with Gasteiger partial charge in [-0.25, -0.2) is 0 Å². The summed E-state index contributed by atoms with van der Waals surface area (Å²) in [6, 6.07) is 0. The zero-order valence-corrected chi connectivity index (χ0v) is 11.2. The van der Waals surface area contributed by atoms with Gasteiger partial charge in [0.15, 0.2) is 0 Å². The highest BCUT2D eigenvalue weighted by Gasteiger charge is 2.52. The second-order valence-electron chi connectivity index (χ2n) is 6.02. The van der Waals surface area contributed by atoms with Gasteiger partial charge in [0, 0.05) is 31.5 Å². The number of unbranched alkanes of at least 4 members (excludes halogenated alkanes) is 1. The second kappa shape index (κ2) is 5.17. The number of ether oxygens (including phenoxy) is 1. The van der Waals surface area contributed by atoms with Gasteiger partial charge in [-0.3, -0.25) is 9.69 Å². The molecular weight excluding hydrogens is 228 g/mol. The molecule has 3 aliphatic heterocycles. The van der Waals surface area contributed by atoms with Crippen molar-refractivity contribution in [1.82, 2.24) is 10.2 Å². The molecular formula is C14H24N2O2. The molecule has 0 radical (unpaired) electrons. The highest BCUT2D eigenvalue weighted by atomic mass is 16.5. The summed E-state index contributed by atoms with van der Waals surface area (Å²) in [4.78, 5) is 14.1. The van der Waals surface area contributed by atoms with Crippen LogP contribution in [-0.4, -0.2) is 49.2 Å². The maximum Gasteiger partial charge on any atom is 0.234 e. The van der Waals surface area contributed by atoms with Crippen LogP contribution in [0.15, 0.2) is 0 Å². The normalized spacial score (nSPS) is 38.1. The molecule has 0 saturated carbocycles. The molecule has 4 atom stereocenters. The average molecular weight is 252 g/mol. The minimum Gasteiger partial charge on any atom is -0.374 e. The van der Waals surface area contributed by atoms with E-state index in [4.69, 9.17) is 4.74 Å². The number of hydrogen-bond acceptors (Lipinski definition) is 3. The minimum atomic E-state index is 0.191. The third-order valence-electron chi connectivity index (χ3n) is 4.75. The molecule has 102 valence electrons. The topological polar surface area (TPSA) is 41.6 Å². The molecule has 1 N–H and O–H groups in total. The first-order valence-corrected chi connectivity index (χ1v) is 7.42. The Morgan fingerprint density at radius 2 is 1.94 bits per heavy atom. The van der Waals surface area contributed by atoms with Crippen LogP contribution in [0.5, 0.6) is 0 Å². The predicted molar refractivity (Wildman–Crippen MR) is 69.2 cm³/mol. The number of amides is 1. The number of hydrogen-bond donors (Lipinski definition) is 1. The standard InChI is InChI=1S/C14H24N2O2/c1-2-3-6-15-14(17)9-16-7-10-11(8-16)13-5-4-12(10)18-13/h10-13H,2-9H2,1H3,(H,15,17)/t10-,11+,12-,13-/m1/s1. The number of likely N-dealkylation sites (tertiary alicyclic amines) is 1. The first-order chi connectivity index (χ1) is 8.78. The lowest BCUT2D eigenvalue weighted by Crippen LogP contribution is -2.37. The summed E-state index contributed by atoms with van der Waals surface area (Å²) < 4.78 is 5.94. The first kappa shape index (κ1) is 12.4. The summed E-state index contributed by atoms with van der Waals surface area (Å²) >= 11 is 0. The largest absolute Gasteiger partial charge is 0.374 e. The summed E-state index contributed by atoms with van der Waals surface area (Å²) in [5.41, 5.74) is 0. The van der Waals surface area contributed by atoms with Gasteiger partial charge in [-0.15, -0.1) is 0 Å². The summed E-state index contributed by atoms with van der Waals surface area (Å²) in [7, 11) is 0. The molecule has 3 heterocycles. The molecule has 4 nitrogen and oxygen atoms in total. The van der Waals surface area contributed by atoms with Gasteiger partial charge in [0.2, 0.25) is 5.91 Å². The first-order valence-electron chi connectivity index (χ1n) is 7.42. The Morgan fingerprint density at radius 1 is 1.28 bits per heavy atom. The fourth-order valence-corrected chi connectivity index (χ4v) is 3.84. The zero-order chi connectivity index (χ0) is 12.5. The third-order valence-corrected chi connectivity index (χ3v) is 4.75. The van der Waals surface area contributed by atoms with Crippen molar-refractivity contribution in [2.24, 2.45) is 11.8 Å². The van der Waals surface area contributed by atoms with Crippen molar-refractivity contribution in [3.8, 4) is 0 Å². The van der Waals surface area contributed by atoms with Gasteiger partial charge in [0.25, 0.3) is 0 Å². The Kier molecular flexibility index (Phi) is 3.57. The minimum absolute atomic E-state index is 0.191. The van der Waals surface area contributed by atoms with Crippen molar-refractivity contribution in [3.63, 3.8) is 0 Å². The zero-order valence-electron chi connectivity index (χ0n) is 11.2. The lowest BCUT2D eigenvalue weighted by molar-refractivity contribution is -0.122. The highest BCUT2D eigenvalue weighted by Crippen LogP contribution is 2.46. The van der Waals surface area contributed by atoms with E-state index >= 15 is 0 Å². The van der Waals surface area contributed by atoms with Gasteiger partial charge in [-0.1, -0.05) is 13.3 Å². The van der Waals surface area contributed by atoms with Crippen LogP contribution in [0, 0.1) is 11.8 Å². The number of rotatable bonds is 5. The third kappa shape index (κ3) is 2.28. The van der Waals surface area contributed by atoms with Crippen LogP contribution in [0.4, 0.5) is 0 Å². The molecule has 3 saturated heterocycles. The summed E-state index contributed by atoms with van der Waals surface area (Å²) in [6.07, 6.45) is 5.68. The summed E-state index contributed by atoms with van der Waals surface area (Å²) in [6.45, 7) is 5.67. The lowest BCUT2D eigenvalue weighted by atomic mass is 9.82. The van der Waals surface area contributed by atoms with Crippen molar-refractivity contribution < 1.29 is 9.53 Å². The molecule has 1 amide bonds. The Balaban J connectivity index is 1.44. The highest BCUT2D eigenvalue weighted by molar-refractivity contribution is 5.78. The van der Waals surface area contributed by atoms with E-state index in [1.54, 1.807) is 0 Å². The Bertz CT molecular complexity index is 303. The van der Waals surface area contributed by atoms with Crippen LogP contribution >= 0.6 is 0 Å². The van der Waals surface area contributed by atoms with Crippen molar-refractivity contribution in [2.75, 3.05) is 26.2 Å². The van der Waals surface area contributed by atoms with Crippen molar-refractivity contribution in [3.05, 3.63) is 0 Å². The molecule has 0 aliphatic carbocycles. The van der Waals surface area contributed by atoms with E-state index < -0.39 is 0 Å². The molecule has 2 bridgehead atoms. The smallest absolute Gasteiger partial charge is 0.234 e. The quantitative estimate of drug-likeness (QED) is 0.743. The Labute approximate surface area is 109 Å². The van der Waals surface area contributed by atoms with Gasteiger partial charge < -0.3 is 10.1 Å². The number of carbonyl (C=O) groups excluding carboxylic acids is 1. The van der Waals surface area contributed by atoms with Crippen molar-refractivity contribution >= 4 is 5.91 Å². The summed E-state index contributed by atoms with van der Waals surface area (Å²) in [5.74, 6) is 1.59. The maximum absolute atomic E-state index is 11.8. The second-order valence-corrected chi connectivity index (χ2v) is 6.02. The van der Waals surface area contributed by atoms with E-state index in [-0.39, 0.29) is 5.91 Å². The van der Waals surface area contributed by atoms with Gasteiger partial charge in [0.1, 0.15) is 0 Å². The molecule has 18 heavy (non-hydrogen) atoms. The molecule has 3 fully saturated rings. The Morgan fingerprint density at radius 3 is 2.56 bits per heavy atom. The SMILES string of the molecule is CCCCNC(=O)CN1C[C@@H]2[C@H](C1)[C@H]1CC[C@H]2O1. The van der Waals surface area contributed by atoms with Gasteiger partial charge in [0.05, 0.1) is 18.8 Å². The van der Waals surface area contributed by atoms with Crippen molar-refractivity contribution in [2.45, 2.75) is 44.8 Å². The lowest BCUT2D eigenvalue weighted by Gasteiger charge is -2.18. The monoisotopic (exact) mass is 252 g/mol. The van der Waals surface area contributed by atoms with Gasteiger partial charge >= 0.3 is 0 Å². The predicted octanol–water partition coefficient (Wildman–Crippen LogP) is 1.01. The molecule has 4 heteroatoms. The van der Waals surface area contributed by atoms with E-state index in [1.165, 1.54) is 12.8 Å². The van der Waals surface area contributed by atoms with E-state index in [2.05, 4.69) is 17.1 Å². The number of carbonyl (C=O) groups is 1. The van der Waals surface area contributed by atoms with Gasteiger partial charge in [-0.2, -0.15) is 0 Å². The van der Waals surface area contributed by atoms with E-state index in [1.807, 2.05) is 0 Å². The molecule has 0 aromatic heterocycles. The van der Waals surface area contributed by atoms with Crippen LogP contribution in [0.1, 0.15) is 32.6 Å². The van der Waals surface area contributed by atoms with Crippen LogP contribution in [0.3, 0.4) is 0 Å². The summed E-state index contributed by atoms with van der Waals surface area (Å²) in [5, 5.41) is 3.00. The number of fused-ring (bicyclic) bond motifs is 5. The van der Waals surface area contributed by atoms with Crippen LogP contribution < -0.4 is 5.32 Å². The van der Waals surface area contributed by atoms with Crippen LogP contribution in [0.2, 0.25) is 0 Å². The molecule has 0 aromatic carbocycles. The van der Waals surface area contributed by atoms with E-state index in [0.717, 1.165) is 32.5 Å². The van der Waals surface area contributed by atoms with Crippen LogP contribution in [-0.2, 0) is 9.53 Å². The fraction of sp³-hybridized carbons (Fsp3) is 0.929. The molecule has 3 rings (SSSR count). The van der Waals surface area contributed by atoms with Crippen LogP contribution in [0.25, 0.3) is 0 Å². The molecule has 0 spiro atoms. The van der Waals surface area contributed by atoms with Crippen molar-refractivity contribution in [1.29, 1.82) is 0 Å². The molecule has 0 unspecified atom stereocenters. The van der Waals surface area contributed by atoms with E-state index in [9.17, 15) is 4.79 Å². The fourth-order valence-electron chi connectivity index (χ4n) is 3.84. The molecule has 3 aliphatic rings. The van der Waals surface area contributed by atoms with E-state index in [0.29, 0.717) is 30.6 Å². The average Bonchev–Trinajstić information content (AvgIpc) is 2.99.